The van der Waals surface area contributed by atoms with Crippen molar-refractivity contribution in [3.63, 3.8) is 0 Å². The number of hydrogen-bond acceptors (Lipinski definition) is 6. The van der Waals surface area contributed by atoms with E-state index in [0.29, 0.717) is 30.0 Å². The third-order valence-electron chi connectivity index (χ3n) is 4.32. The van der Waals surface area contributed by atoms with Crippen molar-refractivity contribution in [1.82, 2.24) is 15.1 Å². The Morgan fingerprint density at radius 3 is 2.68 bits per heavy atom. The number of amides is 1. The highest BCUT2D eigenvalue weighted by atomic mass is 16.6. The Kier molecular flexibility index (Phi) is 5.73. The van der Waals surface area contributed by atoms with E-state index in [9.17, 15) is 14.9 Å². The van der Waals surface area contributed by atoms with Gasteiger partial charge in [0.1, 0.15) is 6.54 Å². The van der Waals surface area contributed by atoms with Gasteiger partial charge in [-0.15, -0.1) is 0 Å². The molecule has 0 unspecified atom stereocenters. The summed E-state index contributed by atoms with van der Waals surface area (Å²) in [6, 6.07) is 10.0. The lowest BCUT2D eigenvalue weighted by atomic mass is 10.1. The van der Waals surface area contributed by atoms with Crippen LogP contribution in [0.2, 0.25) is 0 Å². The van der Waals surface area contributed by atoms with Gasteiger partial charge in [0.05, 0.1) is 30.9 Å². The first-order valence-corrected chi connectivity index (χ1v) is 8.59. The summed E-state index contributed by atoms with van der Waals surface area (Å²) >= 11 is 0. The largest absolute Gasteiger partial charge is 0.493 e. The summed E-state index contributed by atoms with van der Waals surface area (Å²) < 4.78 is 11.9. The Labute approximate surface area is 161 Å². The van der Waals surface area contributed by atoms with Crippen LogP contribution < -0.4 is 14.8 Å². The number of nitro groups is 1. The van der Waals surface area contributed by atoms with Crippen molar-refractivity contribution >= 4 is 22.5 Å². The van der Waals surface area contributed by atoms with Gasteiger partial charge in [-0.25, -0.2) is 0 Å². The van der Waals surface area contributed by atoms with Crippen LogP contribution in [-0.2, 0) is 17.8 Å². The molecule has 3 rings (SSSR count). The first-order valence-electron chi connectivity index (χ1n) is 8.59. The molecular weight excluding hydrogens is 364 g/mol. The number of rotatable bonds is 8. The van der Waals surface area contributed by atoms with Crippen LogP contribution in [0, 0.1) is 10.1 Å². The van der Waals surface area contributed by atoms with Gasteiger partial charge in [-0.1, -0.05) is 6.07 Å². The van der Waals surface area contributed by atoms with Crippen LogP contribution in [0.15, 0.2) is 42.6 Å². The summed E-state index contributed by atoms with van der Waals surface area (Å²) in [5.74, 6) is 1.06. The number of benzene rings is 2. The number of nitrogens with zero attached hydrogens (tertiary/aromatic N) is 3. The van der Waals surface area contributed by atoms with Crippen molar-refractivity contribution in [3.8, 4) is 11.5 Å². The molecule has 1 heterocycles. The number of fused-ring (bicyclic) bond motifs is 1. The van der Waals surface area contributed by atoms with E-state index in [1.807, 2.05) is 18.2 Å². The van der Waals surface area contributed by atoms with Crippen LogP contribution in [-0.4, -0.2) is 41.4 Å². The molecule has 1 N–H and O–H groups in total. The van der Waals surface area contributed by atoms with Gasteiger partial charge in [0.25, 0.3) is 5.69 Å². The highest BCUT2D eigenvalue weighted by molar-refractivity contribution is 5.83. The van der Waals surface area contributed by atoms with Crippen molar-refractivity contribution in [3.05, 3.63) is 58.3 Å². The second-order valence-electron chi connectivity index (χ2n) is 6.09. The molecule has 0 aliphatic rings. The molecule has 0 saturated carbocycles. The summed E-state index contributed by atoms with van der Waals surface area (Å²) in [7, 11) is 3.15. The number of methoxy groups -OCH3 is 2. The molecular formula is C19H20N4O5. The van der Waals surface area contributed by atoms with Crippen LogP contribution in [0.1, 0.15) is 5.56 Å². The average Bonchev–Trinajstić information content (AvgIpc) is 3.09. The van der Waals surface area contributed by atoms with E-state index in [1.165, 1.54) is 16.8 Å². The third-order valence-corrected chi connectivity index (χ3v) is 4.32. The Morgan fingerprint density at radius 2 is 1.96 bits per heavy atom. The minimum atomic E-state index is -0.472. The first kappa shape index (κ1) is 19.2. The number of aromatic nitrogens is 2. The molecule has 1 aromatic heterocycles. The highest BCUT2D eigenvalue weighted by Crippen LogP contribution is 2.27. The number of nitro benzene ring substituents is 1. The Morgan fingerprint density at radius 1 is 1.18 bits per heavy atom. The lowest BCUT2D eigenvalue weighted by molar-refractivity contribution is -0.384. The van der Waals surface area contributed by atoms with Gasteiger partial charge in [0.15, 0.2) is 11.5 Å². The molecule has 0 atom stereocenters. The van der Waals surface area contributed by atoms with Crippen LogP contribution >= 0.6 is 0 Å². The summed E-state index contributed by atoms with van der Waals surface area (Å²) in [5, 5.41) is 18.7. The molecule has 9 heteroatoms. The number of carbonyl (C=O) groups is 1. The van der Waals surface area contributed by atoms with E-state index >= 15 is 0 Å². The number of carbonyl (C=O) groups excluding carboxylic acids is 1. The molecule has 2 aromatic carbocycles. The summed E-state index contributed by atoms with van der Waals surface area (Å²) in [6.45, 7) is 0.421. The molecule has 3 aromatic rings. The third kappa shape index (κ3) is 4.20. The summed E-state index contributed by atoms with van der Waals surface area (Å²) in [5.41, 5.74) is 1.51. The van der Waals surface area contributed by atoms with Crippen LogP contribution in [0.4, 0.5) is 5.69 Å². The number of hydrogen-bond donors (Lipinski definition) is 1. The van der Waals surface area contributed by atoms with Crippen molar-refractivity contribution < 1.29 is 19.2 Å². The molecule has 0 spiro atoms. The molecule has 28 heavy (non-hydrogen) atoms. The smallest absolute Gasteiger partial charge is 0.271 e. The molecule has 9 nitrogen and oxygen atoms in total. The van der Waals surface area contributed by atoms with Gasteiger partial charge in [-0.2, -0.15) is 5.10 Å². The van der Waals surface area contributed by atoms with Crippen molar-refractivity contribution in [2.24, 2.45) is 0 Å². The predicted octanol–water partition coefficient (Wildman–Crippen LogP) is 2.32. The zero-order valence-electron chi connectivity index (χ0n) is 15.5. The molecule has 0 bridgehead atoms. The number of nitrogens with one attached hydrogen (secondary N) is 1. The zero-order chi connectivity index (χ0) is 20.1. The summed E-state index contributed by atoms with van der Waals surface area (Å²) in [4.78, 5) is 22.7. The van der Waals surface area contributed by atoms with Crippen molar-refractivity contribution in [1.29, 1.82) is 0 Å². The average molecular weight is 384 g/mol. The maximum atomic E-state index is 12.2. The number of ether oxygens (including phenoxy) is 2. The normalized spacial score (nSPS) is 10.6. The Balaban J connectivity index is 1.60. The van der Waals surface area contributed by atoms with Crippen LogP contribution in [0.3, 0.4) is 0 Å². The van der Waals surface area contributed by atoms with E-state index in [1.54, 1.807) is 26.5 Å². The second kappa shape index (κ2) is 8.38. The van der Waals surface area contributed by atoms with Crippen LogP contribution in [0.5, 0.6) is 11.5 Å². The fraction of sp³-hybridized carbons (Fsp3) is 0.263. The van der Waals surface area contributed by atoms with Gasteiger partial charge in [0.2, 0.25) is 5.91 Å². The van der Waals surface area contributed by atoms with Gasteiger partial charge in [0, 0.05) is 24.1 Å². The lowest BCUT2D eigenvalue weighted by Crippen LogP contribution is -2.29. The van der Waals surface area contributed by atoms with E-state index < -0.39 is 4.92 Å². The van der Waals surface area contributed by atoms with Crippen LogP contribution in [0.25, 0.3) is 10.9 Å². The van der Waals surface area contributed by atoms with Gasteiger partial charge < -0.3 is 14.8 Å². The molecule has 146 valence electrons. The van der Waals surface area contributed by atoms with Crippen molar-refractivity contribution in [2.45, 2.75) is 13.0 Å². The maximum Gasteiger partial charge on any atom is 0.271 e. The van der Waals surface area contributed by atoms with Crippen molar-refractivity contribution in [2.75, 3.05) is 20.8 Å². The number of non-ortho nitro benzene ring substituents is 1. The zero-order valence-corrected chi connectivity index (χ0v) is 15.5. The highest BCUT2D eigenvalue weighted by Gasteiger charge is 2.12. The molecule has 0 radical (unpaired) electrons. The SMILES string of the molecule is COc1ccc(CCNC(=O)Cn2ncc3ccc([N+](=O)[O-])cc32)cc1OC. The molecule has 0 fully saturated rings. The predicted molar refractivity (Wildman–Crippen MR) is 103 cm³/mol. The van der Waals surface area contributed by atoms with E-state index in [0.717, 1.165) is 10.9 Å². The van der Waals surface area contributed by atoms with E-state index in [-0.39, 0.29) is 18.1 Å². The summed E-state index contributed by atoms with van der Waals surface area (Å²) in [6.07, 6.45) is 2.20. The van der Waals surface area contributed by atoms with E-state index in [2.05, 4.69) is 10.4 Å². The maximum absolute atomic E-state index is 12.2. The monoisotopic (exact) mass is 384 g/mol. The molecule has 0 saturated heterocycles. The van der Waals surface area contributed by atoms with E-state index in [4.69, 9.17) is 9.47 Å². The van der Waals surface area contributed by atoms with Gasteiger partial charge >= 0.3 is 0 Å². The Bertz CT molecular complexity index is 1010. The molecule has 0 aliphatic carbocycles. The minimum absolute atomic E-state index is 0.0173. The molecule has 1 amide bonds. The molecule has 0 aliphatic heterocycles. The quantitative estimate of drug-likeness (QED) is 0.472. The minimum Gasteiger partial charge on any atom is -0.493 e. The fourth-order valence-corrected chi connectivity index (χ4v) is 2.87. The fourth-order valence-electron chi connectivity index (χ4n) is 2.87. The Hall–Kier alpha value is -3.62. The lowest BCUT2D eigenvalue weighted by Gasteiger charge is -2.10. The van der Waals surface area contributed by atoms with Gasteiger partial charge in [-0.05, 0) is 30.2 Å². The first-order chi connectivity index (χ1) is 13.5. The topological polar surface area (TPSA) is 109 Å². The standard InChI is InChI=1S/C19H20N4O5/c1-27-17-6-3-13(9-18(17)28-2)7-8-20-19(24)12-22-16-10-15(23(25)26)5-4-14(16)11-21-22/h3-6,9-11H,7-8,12H2,1-2H3,(H,20,24). The second-order valence-corrected chi connectivity index (χ2v) is 6.09. The van der Waals surface area contributed by atoms with Gasteiger partial charge in [-0.3, -0.25) is 19.6 Å².